The van der Waals surface area contributed by atoms with Gasteiger partial charge in [-0.05, 0) is 68.1 Å². The maximum Gasteiger partial charge on any atom is 0.322 e. The van der Waals surface area contributed by atoms with Crippen LogP contribution in [0, 0.1) is 5.92 Å². The molecule has 1 aromatic heterocycles. The first-order valence-electron chi connectivity index (χ1n) is 11.9. The number of hydrogen-bond acceptors (Lipinski definition) is 6. The van der Waals surface area contributed by atoms with Gasteiger partial charge in [0, 0.05) is 17.8 Å². The van der Waals surface area contributed by atoms with Gasteiger partial charge in [0.15, 0.2) is 0 Å². The molecule has 35 heavy (non-hydrogen) atoms. The Morgan fingerprint density at radius 2 is 1.77 bits per heavy atom. The summed E-state index contributed by atoms with van der Waals surface area (Å²) in [5, 5.41) is 7.37. The third kappa shape index (κ3) is 5.31. The minimum absolute atomic E-state index is 0.138. The first kappa shape index (κ1) is 24.3. The molecule has 2 heterocycles. The Bertz CT molecular complexity index is 1180. The van der Waals surface area contributed by atoms with E-state index in [2.05, 4.69) is 24.3 Å². The first-order valence-corrected chi connectivity index (χ1v) is 11.9. The molecule has 0 saturated carbocycles. The number of amides is 2. The van der Waals surface area contributed by atoms with Crippen molar-refractivity contribution in [3.05, 3.63) is 65.7 Å². The fourth-order valence-electron chi connectivity index (χ4n) is 4.08. The Hall–Kier alpha value is -3.81. The zero-order chi connectivity index (χ0) is 24.9. The fraction of sp³-hybridized carbons (Fsp3) is 0.370. The van der Waals surface area contributed by atoms with Crippen LogP contribution in [-0.2, 0) is 0 Å². The van der Waals surface area contributed by atoms with Gasteiger partial charge in [-0.25, -0.2) is 4.79 Å². The molecule has 8 heteroatoms. The monoisotopic (exact) mass is 476 g/mol. The van der Waals surface area contributed by atoms with E-state index in [1.54, 1.807) is 12.0 Å². The molecule has 0 fully saturated rings. The van der Waals surface area contributed by atoms with Crippen LogP contribution in [0.2, 0.25) is 0 Å². The van der Waals surface area contributed by atoms with Crippen LogP contribution in [-0.4, -0.2) is 41.3 Å². The lowest BCUT2D eigenvalue weighted by atomic mass is 9.94. The number of hydrogen-bond donors (Lipinski definition) is 1. The van der Waals surface area contributed by atoms with Crippen LogP contribution >= 0.6 is 0 Å². The third-order valence-electron chi connectivity index (χ3n) is 6.06. The molecule has 0 bridgehead atoms. The lowest BCUT2D eigenvalue weighted by Gasteiger charge is -2.35. The van der Waals surface area contributed by atoms with Crippen LogP contribution in [0.4, 0.5) is 4.79 Å². The van der Waals surface area contributed by atoms with Crippen molar-refractivity contribution >= 4 is 11.6 Å². The van der Waals surface area contributed by atoms with E-state index in [9.17, 15) is 4.79 Å². The highest BCUT2D eigenvalue weighted by Crippen LogP contribution is 2.38. The molecule has 4 rings (SSSR count). The highest BCUT2D eigenvalue weighted by molar-refractivity contribution is 5.86. The van der Waals surface area contributed by atoms with E-state index in [-0.39, 0.29) is 6.03 Å². The highest BCUT2D eigenvalue weighted by atomic mass is 16.5. The van der Waals surface area contributed by atoms with Gasteiger partial charge in [0.25, 0.3) is 5.89 Å². The van der Waals surface area contributed by atoms with E-state index < -0.39 is 6.04 Å². The number of urea groups is 1. The lowest BCUT2D eigenvalue weighted by molar-refractivity contribution is 0.202. The molecular weight excluding hydrogens is 444 g/mol. The van der Waals surface area contributed by atoms with Gasteiger partial charge in [0.1, 0.15) is 11.5 Å². The van der Waals surface area contributed by atoms with E-state index in [4.69, 9.17) is 19.0 Å². The van der Waals surface area contributed by atoms with Gasteiger partial charge < -0.3 is 19.3 Å². The number of benzene rings is 2. The second kappa shape index (κ2) is 10.6. The van der Waals surface area contributed by atoms with E-state index in [0.717, 1.165) is 40.3 Å². The molecule has 0 aliphatic carbocycles. The van der Waals surface area contributed by atoms with Crippen molar-refractivity contribution in [3.8, 4) is 22.9 Å². The number of aromatic nitrogens is 2. The second-order valence-electron chi connectivity index (χ2n) is 8.87. The van der Waals surface area contributed by atoms with Crippen molar-refractivity contribution in [2.24, 2.45) is 5.92 Å². The van der Waals surface area contributed by atoms with Gasteiger partial charge in [0.05, 0.1) is 25.3 Å². The fourth-order valence-corrected chi connectivity index (χ4v) is 4.08. The van der Waals surface area contributed by atoms with Gasteiger partial charge in [0.2, 0.25) is 5.82 Å². The molecule has 184 valence electrons. The number of carbonyl (C=O) groups excluding carboxylic acids is 1. The van der Waals surface area contributed by atoms with Gasteiger partial charge >= 0.3 is 6.03 Å². The number of allylic oxidation sites excluding steroid dienone is 1. The summed E-state index contributed by atoms with van der Waals surface area (Å²) >= 11 is 0. The zero-order valence-electron chi connectivity index (χ0n) is 20.9. The molecule has 0 spiro atoms. The quantitative estimate of drug-likeness (QED) is 0.427. The Balaban J connectivity index is 1.74. The van der Waals surface area contributed by atoms with Gasteiger partial charge in [-0.1, -0.05) is 31.1 Å². The van der Waals surface area contributed by atoms with Gasteiger partial charge in [-0.15, -0.1) is 0 Å². The summed E-state index contributed by atoms with van der Waals surface area (Å²) < 4.78 is 16.6. The maximum absolute atomic E-state index is 13.1. The van der Waals surface area contributed by atoms with E-state index in [1.165, 1.54) is 0 Å². The van der Waals surface area contributed by atoms with Crippen molar-refractivity contribution in [2.45, 2.75) is 40.2 Å². The van der Waals surface area contributed by atoms with E-state index >= 15 is 0 Å². The summed E-state index contributed by atoms with van der Waals surface area (Å²) in [6.07, 6.45) is 0.882. The van der Waals surface area contributed by atoms with Crippen LogP contribution in [0.3, 0.4) is 0 Å². The van der Waals surface area contributed by atoms with Gasteiger partial charge in [-0.2, -0.15) is 4.98 Å². The molecule has 1 N–H and O–H groups in total. The van der Waals surface area contributed by atoms with Crippen molar-refractivity contribution < 1.29 is 18.8 Å². The number of ether oxygens (including phenoxy) is 2. The normalized spacial score (nSPS) is 16.0. The average Bonchev–Trinajstić information content (AvgIpc) is 3.34. The van der Waals surface area contributed by atoms with E-state index in [1.807, 2.05) is 62.4 Å². The minimum atomic E-state index is -0.433. The van der Waals surface area contributed by atoms with Crippen LogP contribution in [0.25, 0.3) is 17.0 Å². The lowest BCUT2D eigenvalue weighted by Crippen LogP contribution is -2.46. The molecule has 0 radical (unpaired) electrons. The molecule has 2 aromatic carbocycles. The van der Waals surface area contributed by atoms with Crippen LogP contribution in [0.5, 0.6) is 11.5 Å². The number of nitrogens with one attached hydrogen (secondary N) is 1. The van der Waals surface area contributed by atoms with Crippen molar-refractivity contribution in [2.75, 3.05) is 20.3 Å². The number of nitrogens with zero attached hydrogens (tertiary/aromatic N) is 3. The standard InChI is InChI=1S/C27H32N4O4/c1-6-34-22-13-7-19(8-14-22)24-23(18(4)31(27(32)28-24)16-15-17(2)3)26-29-25(30-35-26)20-9-11-21(33-5)12-10-20/h7-14,17,24H,6,15-16H2,1-5H3,(H,28,32). The SMILES string of the molecule is CCOc1ccc(C2NC(=O)N(CCC(C)C)C(C)=C2c2nc(-c3ccc(OC)cc3)no2)cc1. The predicted octanol–water partition coefficient (Wildman–Crippen LogP) is 5.69. The molecule has 1 aliphatic rings. The zero-order valence-corrected chi connectivity index (χ0v) is 20.9. The average molecular weight is 477 g/mol. The van der Waals surface area contributed by atoms with Crippen LogP contribution in [0.15, 0.2) is 58.8 Å². The van der Waals surface area contributed by atoms with E-state index in [0.29, 0.717) is 30.8 Å². The summed E-state index contributed by atoms with van der Waals surface area (Å²) in [6, 6.07) is 14.6. The summed E-state index contributed by atoms with van der Waals surface area (Å²) in [4.78, 5) is 19.6. The largest absolute Gasteiger partial charge is 0.497 e. The molecule has 1 atom stereocenters. The summed E-state index contributed by atoms with van der Waals surface area (Å²) in [5.74, 6) is 2.84. The van der Waals surface area contributed by atoms with Crippen molar-refractivity contribution in [3.63, 3.8) is 0 Å². The Labute approximate surface area is 205 Å². The smallest absolute Gasteiger partial charge is 0.322 e. The summed E-state index contributed by atoms with van der Waals surface area (Å²) in [6.45, 7) is 9.36. The van der Waals surface area contributed by atoms with Crippen LogP contribution in [0.1, 0.15) is 51.6 Å². The molecule has 1 unspecified atom stereocenters. The maximum atomic E-state index is 13.1. The predicted molar refractivity (Wildman–Crippen MR) is 134 cm³/mol. The topological polar surface area (TPSA) is 89.7 Å². The molecular formula is C27H32N4O4. The Morgan fingerprint density at radius 3 is 2.40 bits per heavy atom. The first-order chi connectivity index (χ1) is 16.9. The second-order valence-corrected chi connectivity index (χ2v) is 8.87. The van der Waals surface area contributed by atoms with Crippen molar-refractivity contribution in [1.82, 2.24) is 20.4 Å². The highest BCUT2D eigenvalue weighted by Gasteiger charge is 2.35. The molecule has 8 nitrogen and oxygen atoms in total. The number of rotatable bonds is 9. The third-order valence-corrected chi connectivity index (χ3v) is 6.06. The van der Waals surface area contributed by atoms with Crippen LogP contribution < -0.4 is 14.8 Å². The minimum Gasteiger partial charge on any atom is -0.497 e. The summed E-state index contributed by atoms with van der Waals surface area (Å²) in [7, 11) is 1.63. The molecule has 2 amide bonds. The summed E-state index contributed by atoms with van der Waals surface area (Å²) in [5.41, 5.74) is 3.31. The van der Waals surface area contributed by atoms with Crippen molar-refractivity contribution in [1.29, 1.82) is 0 Å². The molecule has 1 aliphatic heterocycles. The van der Waals surface area contributed by atoms with Gasteiger partial charge in [-0.3, -0.25) is 4.90 Å². The molecule has 3 aromatic rings. The number of carbonyl (C=O) groups is 1. The Morgan fingerprint density at radius 1 is 1.09 bits per heavy atom. The molecule has 0 saturated heterocycles. The number of methoxy groups -OCH3 is 1. The Kier molecular flexibility index (Phi) is 7.39.